The maximum atomic E-state index is 15.9. The fraction of sp³-hybridized carbons (Fsp3) is 0.458. The van der Waals surface area contributed by atoms with E-state index in [0.717, 1.165) is 68.4 Å². The summed E-state index contributed by atoms with van der Waals surface area (Å²) < 4.78 is 49.3. The number of piperidine rings is 2. The van der Waals surface area contributed by atoms with Crippen molar-refractivity contribution in [2.24, 2.45) is 11.8 Å². The van der Waals surface area contributed by atoms with Crippen molar-refractivity contribution in [3.8, 4) is 17.0 Å². The zero-order chi connectivity index (χ0) is 44.5. The molecule has 2 aromatic heterocycles. The van der Waals surface area contributed by atoms with E-state index in [-0.39, 0.29) is 61.0 Å². The normalized spacial score (nSPS) is 25.0. The van der Waals surface area contributed by atoms with Gasteiger partial charge in [0.05, 0.1) is 24.4 Å². The third-order valence-electron chi connectivity index (χ3n) is 14.4. The number of halogens is 2. The van der Waals surface area contributed by atoms with Gasteiger partial charge >= 0.3 is 6.09 Å². The minimum absolute atomic E-state index is 0.0107. The van der Waals surface area contributed by atoms with E-state index in [9.17, 15) is 19.2 Å². The lowest BCUT2D eigenvalue weighted by molar-refractivity contribution is -0.136. The molecule has 15 nitrogen and oxygen atoms in total. The summed E-state index contributed by atoms with van der Waals surface area (Å²) in [6.45, 7) is 6.16. The van der Waals surface area contributed by atoms with E-state index in [4.69, 9.17) is 14.2 Å². The van der Waals surface area contributed by atoms with Gasteiger partial charge in [0.2, 0.25) is 17.7 Å². The molecule has 3 atom stereocenters. The average molecular weight is 889 g/mol. The third-order valence-corrected chi connectivity index (χ3v) is 14.4. The molecule has 0 spiro atoms. The van der Waals surface area contributed by atoms with Crippen LogP contribution in [0.3, 0.4) is 0 Å². The lowest BCUT2D eigenvalue weighted by atomic mass is 9.86. The molecule has 2 aliphatic carbocycles. The Morgan fingerprint density at radius 3 is 2.54 bits per heavy atom. The van der Waals surface area contributed by atoms with E-state index in [0.29, 0.717) is 77.0 Å². The summed E-state index contributed by atoms with van der Waals surface area (Å²) in [5, 5.41) is 9.67. The van der Waals surface area contributed by atoms with Crippen molar-refractivity contribution in [3.63, 3.8) is 0 Å². The minimum atomic E-state index is -0.782. The molecule has 4 amide bonds. The number of carbonyl (C=O) groups is 4. The highest BCUT2D eigenvalue weighted by molar-refractivity contribution is 6.05. The number of hydrogen-bond donors (Lipinski definition) is 3. The molecule has 338 valence electrons. The van der Waals surface area contributed by atoms with E-state index in [1.165, 1.54) is 17.2 Å². The van der Waals surface area contributed by atoms with Gasteiger partial charge in [0, 0.05) is 91.3 Å². The number of nitrogens with zero attached hydrogens (tertiary/aromatic N) is 5. The van der Waals surface area contributed by atoms with Gasteiger partial charge in [-0.3, -0.25) is 25.0 Å². The number of ether oxygens (including phenoxy) is 3. The molecule has 7 heterocycles. The van der Waals surface area contributed by atoms with E-state index in [2.05, 4.69) is 37.0 Å². The van der Waals surface area contributed by atoms with Crippen LogP contribution in [-0.4, -0.2) is 107 Å². The number of imide groups is 1. The molecule has 1 unspecified atom stereocenters. The highest BCUT2D eigenvalue weighted by Crippen LogP contribution is 2.47. The quantitative estimate of drug-likeness (QED) is 0.158. The zero-order valence-corrected chi connectivity index (χ0v) is 36.0. The highest BCUT2D eigenvalue weighted by atomic mass is 19.1. The summed E-state index contributed by atoms with van der Waals surface area (Å²) >= 11 is 0. The molecular weight excluding hydrogens is 839 g/mol. The number of aromatic nitrogens is 2. The average Bonchev–Trinajstić information content (AvgIpc) is 3.55. The molecule has 11 rings (SSSR count). The molecule has 5 aliphatic heterocycles. The van der Waals surface area contributed by atoms with Crippen LogP contribution >= 0.6 is 0 Å². The Morgan fingerprint density at radius 1 is 0.938 bits per heavy atom. The van der Waals surface area contributed by atoms with Crippen LogP contribution in [0, 0.1) is 30.4 Å². The number of pyridine rings is 2. The first-order valence-electron chi connectivity index (χ1n) is 22.8. The Labute approximate surface area is 373 Å². The maximum Gasteiger partial charge on any atom is 0.413 e. The summed E-state index contributed by atoms with van der Waals surface area (Å²) in [7, 11) is 0. The van der Waals surface area contributed by atoms with Crippen LogP contribution in [0.5, 0.6) is 5.88 Å². The van der Waals surface area contributed by atoms with Crippen LogP contribution in [0.1, 0.15) is 72.9 Å². The number of fused-ring (bicyclic) bond motifs is 4. The molecule has 2 aromatic carbocycles. The monoisotopic (exact) mass is 888 g/mol. The first kappa shape index (κ1) is 41.4. The third kappa shape index (κ3) is 7.86. The van der Waals surface area contributed by atoms with Crippen LogP contribution in [0.25, 0.3) is 21.9 Å². The van der Waals surface area contributed by atoms with Gasteiger partial charge in [-0.25, -0.2) is 23.5 Å². The maximum absolute atomic E-state index is 15.9. The van der Waals surface area contributed by atoms with Crippen LogP contribution in [0.15, 0.2) is 54.5 Å². The van der Waals surface area contributed by atoms with E-state index < -0.39 is 29.7 Å². The van der Waals surface area contributed by atoms with Gasteiger partial charge < -0.3 is 34.2 Å². The topological polar surface area (TPSA) is 168 Å². The number of benzene rings is 2. The Morgan fingerprint density at radius 2 is 1.75 bits per heavy atom. The fourth-order valence-corrected chi connectivity index (χ4v) is 10.8. The molecule has 3 N–H and O–H groups in total. The Bertz CT molecular complexity index is 2660. The molecule has 0 radical (unpaired) electrons. The number of anilines is 3. The largest absolute Gasteiger partial charge is 0.474 e. The predicted molar refractivity (Wildman–Crippen MR) is 235 cm³/mol. The standard InChI is InChI=1S/C48H50F2N8O7/c1-25-33(20-53-46-43(25)51-12-15-63-46)32-16-27-18-40(52-19-28(27)17-37(32)49)54-48(62)65-44-35-22-56(23-36(35)44)21-26-2-4-29(5-3-26)64-30-10-13-57(14-11-30)38-7-6-31-34(42(38)50)24-58(47(31)61)39-8-9-41(59)55-45(39)60/h6-7,16-20,22,26,29-30,36,39,44,51H,2-5,8-15,21,23-24H2,1H3,(H,52,54,62)(H,55,59,60)/t26?,29?,36-,39?,44-/m0/s1. The molecular formula is C48H50F2N8O7. The first-order valence-corrected chi connectivity index (χ1v) is 22.8. The second-order valence-electron chi connectivity index (χ2n) is 18.4. The molecule has 17 heteroatoms. The van der Waals surface area contributed by atoms with Crippen LogP contribution < -0.4 is 25.6 Å². The van der Waals surface area contributed by atoms with Gasteiger partial charge in [0.15, 0.2) is 5.82 Å². The number of nitrogens with one attached hydrogen (secondary N) is 3. The SMILES string of the molecule is Cc1c(-c2cc3cc(NC(=O)O[C@H]4C5=CN(CC6CCC(OC7CCN(c8ccc9c(c8F)CN(C8CCC(=O)NC8=O)C9=O)CC7)CC6)C[C@@H]54)ncc3cc2F)cnc2c1NCCO2. The van der Waals surface area contributed by atoms with E-state index >= 15 is 8.78 Å². The van der Waals surface area contributed by atoms with Crippen molar-refractivity contribution in [3.05, 3.63) is 82.8 Å². The van der Waals surface area contributed by atoms with Crippen LogP contribution in [-0.2, 0) is 25.6 Å². The number of rotatable bonds is 9. The second kappa shape index (κ2) is 16.6. The van der Waals surface area contributed by atoms with Crippen molar-refractivity contribution in [1.82, 2.24) is 25.1 Å². The van der Waals surface area contributed by atoms with E-state index in [1.54, 1.807) is 30.5 Å². The van der Waals surface area contributed by atoms with Gasteiger partial charge in [-0.15, -0.1) is 0 Å². The second-order valence-corrected chi connectivity index (χ2v) is 18.4. The highest BCUT2D eigenvalue weighted by Gasteiger charge is 2.52. The van der Waals surface area contributed by atoms with Crippen LogP contribution in [0.2, 0.25) is 0 Å². The Kier molecular flexibility index (Phi) is 10.5. The van der Waals surface area contributed by atoms with Crippen LogP contribution in [0.4, 0.5) is 30.8 Å². The number of amides is 4. The van der Waals surface area contributed by atoms with Crippen molar-refractivity contribution in [2.75, 3.05) is 54.9 Å². The molecule has 65 heavy (non-hydrogen) atoms. The zero-order valence-electron chi connectivity index (χ0n) is 36.0. The van der Waals surface area contributed by atoms with E-state index in [1.807, 2.05) is 11.8 Å². The Hall–Kier alpha value is -6.36. The van der Waals surface area contributed by atoms with Gasteiger partial charge in [0.25, 0.3) is 5.91 Å². The summed E-state index contributed by atoms with van der Waals surface area (Å²) in [5.41, 5.74) is 4.83. The predicted octanol–water partition coefficient (Wildman–Crippen LogP) is 6.44. The molecule has 4 aromatic rings. The minimum Gasteiger partial charge on any atom is -0.474 e. The van der Waals surface area contributed by atoms with Crippen molar-refractivity contribution in [1.29, 1.82) is 0 Å². The number of hydrogen-bond acceptors (Lipinski definition) is 12. The van der Waals surface area contributed by atoms with Gasteiger partial charge in [0.1, 0.15) is 36.1 Å². The molecule has 2 saturated carbocycles. The summed E-state index contributed by atoms with van der Waals surface area (Å²) in [6.07, 6.45) is 10.9. The first-order chi connectivity index (χ1) is 31.5. The van der Waals surface area contributed by atoms with Gasteiger partial charge in [-0.05, 0) is 105 Å². The molecule has 4 fully saturated rings. The summed E-state index contributed by atoms with van der Waals surface area (Å²) in [4.78, 5) is 64.7. The van der Waals surface area contributed by atoms with Crippen molar-refractivity contribution < 1.29 is 42.2 Å². The molecule has 7 aliphatic rings. The smallest absolute Gasteiger partial charge is 0.413 e. The van der Waals surface area contributed by atoms with Gasteiger partial charge in [-0.2, -0.15) is 0 Å². The summed E-state index contributed by atoms with van der Waals surface area (Å²) in [6, 6.07) is 7.45. The number of carbonyl (C=O) groups excluding carboxylic acids is 4. The lowest BCUT2D eigenvalue weighted by Gasteiger charge is -2.37. The van der Waals surface area contributed by atoms with Crippen molar-refractivity contribution >= 4 is 51.8 Å². The molecule has 0 bridgehead atoms. The fourth-order valence-electron chi connectivity index (χ4n) is 10.8. The molecule has 2 saturated heterocycles. The summed E-state index contributed by atoms with van der Waals surface area (Å²) in [5.74, 6) is -0.493. The lowest BCUT2D eigenvalue weighted by Crippen LogP contribution is -2.52. The van der Waals surface area contributed by atoms with Crippen molar-refractivity contribution in [2.45, 2.75) is 89.2 Å². The Balaban J connectivity index is 0.620. The van der Waals surface area contributed by atoms with Gasteiger partial charge in [-0.1, -0.05) is 0 Å².